The molecule has 0 saturated carbocycles. The number of carbonyl (C=O) groups excluding carboxylic acids is 2. The van der Waals surface area contributed by atoms with Crippen LogP contribution in [0.25, 0.3) is 16.3 Å². The molecule has 0 spiro atoms. The standard InChI is InChI=1S/C28H22N2O4/c1-33-20-12-8-11-19(17-20)29-26-25(22-14-5-6-16-24(22)34-2)27(31)30(28(26)32)23-15-7-10-18-9-3-4-13-21(18)23/h3-17,29H,1-2H3. The lowest BCUT2D eigenvalue weighted by Gasteiger charge is -2.18. The molecule has 0 aliphatic carbocycles. The van der Waals surface area contributed by atoms with E-state index in [0.717, 1.165) is 10.8 Å². The van der Waals surface area contributed by atoms with Gasteiger partial charge in [0.25, 0.3) is 11.8 Å². The summed E-state index contributed by atoms with van der Waals surface area (Å²) in [6, 6.07) is 27.6. The van der Waals surface area contributed by atoms with Crippen LogP contribution < -0.4 is 19.7 Å². The van der Waals surface area contributed by atoms with Gasteiger partial charge in [-0.3, -0.25) is 9.59 Å². The minimum Gasteiger partial charge on any atom is -0.497 e. The molecule has 4 aromatic carbocycles. The third-order valence-electron chi connectivity index (χ3n) is 5.81. The number of benzene rings is 4. The summed E-state index contributed by atoms with van der Waals surface area (Å²) in [6.07, 6.45) is 0. The lowest BCUT2D eigenvalue weighted by atomic mass is 10.0. The Balaban J connectivity index is 1.69. The molecule has 34 heavy (non-hydrogen) atoms. The van der Waals surface area contributed by atoms with E-state index in [-0.39, 0.29) is 11.3 Å². The van der Waals surface area contributed by atoms with Gasteiger partial charge in [0.1, 0.15) is 17.2 Å². The molecule has 0 aromatic heterocycles. The van der Waals surface area contributed by atoms with Crippen molar-refractivity contribution in [1.29, 1.82) is 0 Å². The lowest BCUT2D eigenvalue weighted by Crippen LogP contribution is -2.32. The average Bonchev–Trinajstić information content (AvgIpc) is 3.12. The first-order valence-electron chi connectivity index (χ1n) is 10.8. The predicted octanol–water partition coefficient (Wildman–Crippen LogP) is 5.25. The fourth-order valence-corrected chi connectivity index (χ4v) is 4.21. The number of methoxy groups -OCH3 is 2. The Labute approximate surface area is 197 Å². The van der Waals surface area contributed by atoms with Crippen molar-refractivity contribution in [3.8, 4) is 11.5 Å². The fourth-order valence-electron chi connectivity index (χ4n) is 4.21. The molecule has 6 heteroatoms. The Morgan fingerprint density at radius 3 is 2.29 bits per heavy atom. The minimum atomic E-state index is -0.440. The molecule has 1 aliphatic rings. The highest BCUT2D eigenvalue weighted by atomic mass is 16.5. The van der Waals surface area contributed by atoms with Gasteiger partial charge in [0, 0.05) is 22.7 Å². The summed E-state index contributed by atoms with van der Waals surface area (Å²) in [7, 11) is 3.11. The number of para-hydroxylation sites is 1. The molecular weight excluding hydrogens is 428 g/mol. The summed E-state index contributed by atoms with van der Waals surface area (Å²) in [5.74, 6) is 0.275. The third-order valence-corrected chi connectivity index (χ3v) is 5.81. The molecule has 2 amide bonds. The first-order valence-corrected chi connectivity index (χ1v) is 10.8. The third kappa shape index (κ3) is 3.55. The first kappa shape index (κ1) is 21.3. The summed E-state index contributed by atoms with van der Waals surface area (Å²) < 4.78 is 10.8. The van der Waals surface area contributed by atoms with Crippen LogP contribution in [0, 0.1) is 0 Å². The molecule has 1 heterocycles. The molecule has 1 aliphatic heterocycles. The number of amides is 2. The summed E-state index contributed by atoms with van der Waals surface area (Å²) in [5, 5.41) is 4.93. The average molecular weight is 450 g/mol. The Hall–Kier alpha value is -4.58. The first-order chi connectivity index (χ1) is 16.6. The maximum Gasteiger partial charge on any atom is 0.282 e. The molecule has 168 valence electrons. The van der Waals surface area contributed by atoms with Gasteiger partial charge < -0.3 is 14.8 Å². The maximum absolute atomic E-state index is 13.9. The molecule has 0 unspecified atom stereocenters. The number of nitrogens with zero attached hydrogens (tertiary/aromatic N) is 1. The van der Waals surface area contributed by atoms with Gasteiger partial charge in [0.2, 0.25) is 0 Å². The highest BCUT2D eigenvalue weighted by Gasteiger charge is 2.41. The summed E-state index contributed by atoms with van der Waals surface area (Å²) in [4.78, 5) is 28.9. The minimum absolute atomic E-state index is 0.177. The van der Waals surface area contributed by atoms with E-state index in [1.807, 2.05) is 66.7 Å². The zero-order valence-electron chi connectivity index (χ0n) is 18.7. The van der Waals surface area contributed by atoms with Crippen molar-refractivity contribution in [2.45, 2.75) is 0 Å². The van der Waals surface area contributed by atoms with Gasteiger partial charge in [-0.15, -0.1) is 0 Å². The number of anilines is 2. The van der Waals surface area contributed by atoms with Gasteiger partial charge >= 0.3 is 0 Å². The van der Waals surface area contributed by atoms with Crippen molar-refractivity contribution < 1.29 is 19.1 Å². The molecule has 4 aromatic rings. The van der Waals surface area contributed by atoms with Gasteiger partial charge in [-0.1, -0.05) is 60.7 Å². The number of hydrogen-bond acceptors (Lipinski definition) is 5. The molecular formula is C28H22N2O4. The molecule has 6 nitrogen and oxygen atoms in total. The van der Waals surface area contributed by atoms with Crippen LogP contribution in [0.3, 0.4) is 0 Å². The molecule has 0 atom stereocenters. The van der Waals surface area contributed by atoms with Crippen LogP contribution in [0.2, 0.25) is 0 Å². The quantitative estimate of drug-likeness (QED) is 0.406. The molecule has 0 bridgehead atoms. The van der Waals surface area contributed by atoms with Gasteiger partial charge in [-0.2, -0.15) is 0 Å². The lowest BCUT2D eigenvalue weighted by molar-refractivity contribution is -0.120. The molecule has 0 radical (unpaired) electrons. The van der Waals surface area contributed by atoms with Gasteiger partial charge in [-0.05, 0) is 29.7 Å². The van der Waals surface area contributed by atoms with Crippen molar-refractivity contribution in [2.24, 2.45) is 0 Å². The number of nitrogens with one attached hydrogen (secondary N) is 1. The van der Waals surface area contributed by atoms with Crippen LogP contribution in [-0.4, -0.2) is 26.0 Å². The summed E-state index contributed by atoms with van der Waals surface area (Å²) >= 11 is 0. The van der Waals surface area contributed by atoms with Crippen LogP contribution in [0.5, 0.6) is 11.5 Å². The molecule has 1 N–H and O–H groups in total. The van der Waals surface area contributed by atoms with E-state index in [1.54, 1.807) is 31.4 Å². The Kier molecular flexibility index (Phi) is 5.47. The second-order valence-corrected chi connectivity index (χ2v) is 7.75. The highest BCUT2D eigenvalue weighted by Crippen LogP contribution is 2.39. The summed E-state index contributed by atoms with van der Waals surface area (Å²) in [5.41, 5.74) is 2.12. The Bertz CT molecular complexity index is 1450. The van der Waals surface area contributed by atoms with Gasteiger partial charge in [0.05, 0.1) is 25.5 Å². The van der Waals surface area contributed by atoms with Gasteiger partial charge in [-0.25, -0.2) is 4.90 Å². The smallest absolute Gasteiger partial charge is 0.282 e. The van der Waals surface area contributed by atoms with Crippen LogP contribution >= 0.6 is 0 Å². The van der Waals surface area contributed by atoms with Crippen LogP contribution in [0.4, 0.5) is 11.4 Å². The molecule has 0 fully saturated rings. The van der Waals surface area contributed by atoms with E-state index < -0.39 is 11.8 Å². The zero-order chi connectivity index (χ0) is 23.7. The fraction of sp³-hybridized carbons (Fsp3) is 0.0714. The number of ether oxygens (including phenoxy) is 2. The largest absolute Gasteiger partial charge is 0.497 e. The predicted molar refractivity (Wildman–Crippen MR) is 133 cm³/mol. The zero-order valence-corrected chi connectivity index (χ0v) is 18.7. The van der Waals surface area contributed by atoms with Crippen molar-refractivity contribution in [1.82, 2.24) is 0 Å². The van der Waals surface area contributed by atoms with E-state index in [1.165, 1.54) is 12.0 Å². The van der Waals surface area contributed by atoms with Gasteiger partial charge in [0.15, 0.2) is 0 Å². The number of hydrogen-bond donors (Lipinski definition) is 1. The topological polar surface area (TPSA) is 67.9 Å². The second kappa shape index (κ2) is 8.75. The van der Waals surface area contributed by atoms with Crippen LogP contribution in [0.15, 0.2) is 96.7 Å². The molecule has 0 saturated heterocycles. The number of fused-ring (bicyclic) bond motifs is 1. The van der Waals surface area contributed by atoms with E-state index >= 15 is 0 Å². The SMILES string of the molecule is COc1cccc(NC2=C(c3ccccc3OC)C(=O)N(c3cccc4ccccc34)C2=O)c1. The second-order valence-electron chi connectivity index (χ2n) is 7.75. The van der Waals surface area contributed by atoms with Crippen molar-refractivity contribution in [2.75, 3.05) is 24.4 Å². The highest BCUT2D eigenvalue weighted by molar-refractivity contribution is 6.47. The number of rotatable bonds is 6. The maximum atomic E-state index is 13.9. The van der Waals surface area contributed by atoms with Crippen molar-refractivity contribution >= 4 is 39.5 Å². The van der Waals surface area contributed by atoms with Crippen LogP contribution in [0.1, 0.15) is 5.56 Å². The summed E-state index contributed by atoms with van der Waals surface area (Å²) in [6.45, 7) is 0. The number of imide groups is 1. The normalized spacial score (nSPS) is 13.5. The number of carbonyl (C=O) groups is 2. The van der Waals surface area contributed by atoms with Crippen molar-refractivity contribution in [3.63, 3.8) is 0 Å². The Morgan fingerprint density at radius 2 is 1.47 bits per heavy atom. The van der Waals surface area contributed by atoms with Crippen molar-refractivity contribution in [3.05, 3.63) is 102 Å². The Morgan fingerprint density at radius 1 is 0.735 bits per heavy atom. The van der Waals surface area contributed by atoms with E-state index in [0.29, 0.717) is 28.4 Å². The van der Waals surface area contributed by atoms with E-state index in [4.69, 9.17) is 9.47 Å². The van der Waals surface area contributed by atoms with E-state index in [2.05, 4.69) is 5.32 Å². The molecule has 5 rings (SSSR count). The van der Waals surface area contributed by atoms with E-state index in [9.17, 15) is 9.59 Å². The van der Waals surface area contributed by atoms with Crippen LogP contribution in [-0.2, 0) is 9.59 Å². The monoisotopic (exact) mass is 450 g/mol.